The molecule has 0 amide bonds. The molecule has 0 bridgehead atoms. The molecule has 0 unspecified atom stereocenters. The maximum Gasteiger partial charge on any atom is 0.190 e. The van der Waals surface area contributed by atoms with Crippen molar-refractivity contribution < 1.29 is 4.79 Å². The highest BCUT2D eigenvalue weighted by Gasteiger charge is 2.13. The Morgan fingerprint density at radius 1 is 1.56 bits per heavy atom. The quantitative estimate of drug-likeness (QED) is 0.821. The van der Waals surface area contributed by atoms with E-state index in [0.717, 1.165) is 10.7 Å². The molecule has 2 rings (SSSR count). The number of hydrogen-bond acceptors (Lipinski definition) is 5. The van der Waals surface area contributed by atoms with E-state index in [9.17, 15) is 4.79 Å². The van der Waals surface area contributed by atoms with Gasteiger partial charge in [-0.2, -0.15) is 0 Å². The molecule has 2 aromatic heterocycles. The third-order valence-electron chi connectivity index (χ3n) is 2.08. The van der Waals surface area contributed by atoms with Gasteiger partial charge in [0.15, 0.2) is 5.78 Å². The molecule has 0 aromatic carbocycles. The van der Waals surface area contributed by atoms with Crippen LogP contribution in [0.5, 0.6) is 0 Å². The molecule has 0 radical (unpaired) electrons. The van der Waals surface area contributed by atoms with E-state index in [4.69, 9.17) is 5.73 Å². The van der Waals surface area contributed by atoms with Crippen LogP contribution in [0.15, 0.2) is 23.7 Å². The zero-order valence-corrected chi connectivity index (χ0v) is 9.62. The standard InChI is InChI=1S/C11H11N3OS/c1-7-6-16-10(14-7)5-9(15)11-8(12)3-2-4-13-11/h2-4,6H,5,12H2,1H3. The fourth-order valence-corrected chi connectivity index (χ4v) is 2.13. The van der Waals surface area contributed by atoms with Crippen molar-refractivity contribution in [2.75, 3.05) is 5.73 Å². The summed E-state index contributed by atoms with van der Waals surface area (Å²) in [6, 6.07) is 3.38. The van der Waals surface area contributed by atoms with Gasteiger partial charge < -0.3 is 5.73 Å². The van der Waals surface area contributed by atoms with Gasteiger partial charge in [0, 0.05) is 17.3 Å². The number of nitrogens with zero attached hydrogens (tertiary/aromatic N) is 2. The Kier molecular flexibility index (Phi) is 2.96. The Balaban J connectivity index is 2.18. The number of aryl methyl sites for hydroxylation is 1. The largest absolute Gasteiger partial charge is 0.397 e. The Labute approximate surface area is 97.2 Å². The first-order valence-electron chi connectivity index (χ1n) is 4.81. The average molecular weight is 233 g/mol. The van der Waals surface area contributed by atoms with Gasteiger partial charge in [-0.05, 0) is 19.1 Å². The van der Waals surface area contributed by atoms with Gasteiger partial charge in [0.25, 0.3) is 0 Å². The van der Waals surface area contributed by atoms with Gasteiger partial charge in [-0.25, -0.2) is 4.98 Å². The van der Waals surface area contributed by atoms with Crippen LogP contribution in [0, 0.1) is 6.92 Å². The van der Waals surface area contributed by atoms with E-state index in [0.29, 0.717) is 11.4 Å². The van der Waals surface area contributed by atoms with Crippen molar-refractivity contribution in [1.29, 1.82) is 0 Å². The number of nitrogens with two attached hydrogens (primary N) is 1. The molecule has 0 fully saturated rings. The van der Waals surface area contributed by atoms with E-state index in [2.05, 4.69) is 9.97 Å². The van der Waals surface area contributed by atoms with Crippen molar-refractivity contribution in [2.24, 2.45) is 0 Å². The summed E-state index contributed by atoms with van der Waals surface area (Å²) in [6.45, 7) is 1.90. The maximum absolute atomic E-state index is 11.9. The first-order chi connectivity index (χ1) is 7.66. The zero-order valence-electron chi connectivity index (χ0n) is 8.80. The van der Waals surface area contributed by atoms with Crippen LogP contribution in [0.25, 0.3) is 0 Å². The lowest BCUT2D eigenvalue weighted by molar-refractivity contribution is 0.0989. The number of carbonyl (C=O) groups excluding carboxylic acids is 1. The smallest absolute Gasteiger partial charge is 0.190 e. The van der Waals surface area contributed by atoms with Crippen LogP contribution >= 0.6 is 11.3 Å². The summed E-state index contributed by atoms with van der Waals surface area (Å²) in [7, 11) is 0. The molecule has 5 heteroatoms. The van der Waals surface area contributed by atoms with Crippen molar-refractivity contribution in [3.63, 3.8) is 0 Å². The van der Waals surface area contributed by atoms with Crippen LogP contribution in [0.2, 0.25) is 0 Å². The van der Waals surface area contributed by atoms with Gasteiger partial charge in [0.2, 0.25) is 0 Å². The minimum absolute atomic E-state index is 0.0903. The third kappa shape index (κ3) is 2.25. The highest BCUT2D eigenvalue weighted by Crippen LogP contribution is 2.14. The Morgan fingerprint density at radius 2 is 2.38 bits per heavy atom. The first kappa shape index (κ1) is 10.8. The topological polar surface area (TPSA) is 68.9 Å². The van der Waals surface area contributed by atoms with Crippen LogP contribution in [-0.2, 0) is 6.42 Å². The second-order valence-corrected chi connectivity index (χ2v) is 4.37. The summed E-state index contributed by atoms with van der Waals surface area (Å²) in [5.41, 5.74) is 7.36. The zero-order chi connectivity index (χ0) is 11.5. The predicted molar refractivity (Wildman–Crippen MR) is 63.5 cm³/mol. The Morgan fingerprint density at radius 3 is 3.00 bits per heavy atom. The summed E-state index contributed by atoms with van der Waals surface area (Å²) in [5, 5.41) is 2.72. The molecule has 0 aliphatic heterocycles. The number of ketones is 1. The SMILES string of the molecule is Cc1csc(CC(=O)c2ncccc2N)n1. The fourth-order valence-electron chi connectivity index (χ4n) is 1.36. The van der Waals surface area contributed by atoms with E-state index in [1.54, 1.807) is 18.3 Å². The lowest BCUT2D eigenvalue weighted by atomic mass is 10.2. The first-order valence-corrected chi connectivity index (χ1v) is 5.69. The number of thiazole rings is 1. The second kappa shape index (κ2) is 4.40. The molecule has 0 spiro atoms. The predicted octanol–water partition coefficient (Wildman–Crippen LogP) is 1.85. The molecule has 0 aliphatic carbocycles. The Hall–Kier alpha value is -1.75. The monoisotopic (exact) mass is 233 g/mol. The molecular weight excluding hydrogens is 222 g/mol. The van der Waals surface area contributed by atoms with Gasteiger partial charge in [0.05, 0.1) is 12.1 Å². The summed E-state index contributed by atoms with van der Waals surface area (Å²) >= 11 is 1.48. The number of pyridine rings is 1. The number of aromatic nitrogens is 2. The second-order valence-electron chi connectivity index (χ2n) is 3.42. The number of rotatable bonds is 3. The van der Waals surface area contributed by atoms with E-state index < -0.39 is 0 Å². The number of carbonyl (C=O) groups is 1. The van der Waals surface area contributed by atoms with Gasteiger partial charge in [-0.1, -0.05) is 0 Å². The van der Waals surface area contributed by atoms with Gasteiger partial charge in [-0.3, -0.25) is 9.78 Å². The van der Waals surface area contributed by atoms with Gasteiger partial charge in [-0.15, -0.1) is 11.3 Å². The summed E-state index contributed by atoms with van der Waals surface area (Å²) in [5.74, 6) is -0.0903. The number of nitrogen functional groups attached to an aromatic ring is 1. The summed E-state index contributed by atoms with van der Waals surface area (Å²) < 4.78 is 0. The van der Waals surface area contributed by atoms with Crippen LogP contribution < -0.4 is 5.73 Å². The fraction of sp³-hybridized carbons (Fsp3) is 0.182. The van der Waals surface area contributed by atoms with Crippen LogP contribution in [0.4, 0.5) is 5.69 Å². The van der Waals surface area contributed by atoms with Crippen LogP contribution in [0.1, 0.15) is 21.2 Å². The van der Waals surface area contributed by atoms with Gasteiger partial charge in [0.1, 0.15) is 10.7 Å². The lowest BCUT2D eigenvalue weighted by Crippen LogP contribution is -2.09. The maximum atomic E-state index is 11.9. The Bertz CT molecular complexity index is 521. The number of hydrogen-bond donors (Lipinski definition) is 1. The van der Waals surface area contributed by atoms with Crippen molar-refractivity contribution in [1.82, 2.24) is 9.97 Å². The number of Topliss-reactive ketones (excluding diaryl/α,β-unsaturated/α-hetero) is 1. The third-order valence-corrected chi connectivity index (χ3v) is 3.05. The van der Waals surface area contributed by atoms with Crippen molar-refractivity contribution >= 4 is 22.8 Å². The molecule has 2 heterocycles. The highest BCUT2D eigenvalue weighted by atomic mass is 32.1. The summed E-state index contributed by atoms with van der Waals surface area (Å²) in [4.78, 5) is 20.1. The molecule has 0 atom stereocenters. The molecule has 2 aromatic rings. The molecule has 0 saturated carbocycles. The average Bonchev–Trinajstić information content (AvgIpc) is 2.64. The highest BCUT2D eigenvalue weighted by molar-refractivity contribution is 7.09. The normalized spacial score (nSPS) is 10.3. The molecular formula is C11H11N3OS. The van der Waals surface area contributed by atoms with Gasteiger partial charge >= 0.3 is 0 Å². The molecule has 0 saturated heterocycles. The van der Waals surface area contributed by atoms with Crippen molar-refractivity contribution in [2.45, 2.75) is 13.3 Å². The van der Waals surface area contributed by atoms with E-state index >= 15 is 0 Å². The molecule has 0 aliphatic rings. The lowest BCUT2D eigenvalue weighted by Gasteiger charge is -2.01. The van der Waals surface area contributed by atoms with E-state index in [1.807, 2.05) is 12.3 Å². The summed E-state index contributed by atoms with van der Waals surface area (Å²) in [6.07, 6.45) is 1.83. The minimum atomic E-state index is -0.0903. The van der Waals surface area contributed by atoms with Crippen molar-refractivity contribution in [3.05, 3.63) is 40.1 Å². The minimum Gasteiger partial charge on any atom is -0.397 e. The van der Waals surface area contributed by atoms with Crippen LogP contribution in [-0.4, -0.2) is 15.8 Å². The van der Waals surface area contributed by atoms with E-state index in [-0.39, 0.29) is 12.2 Å². The molecule has 2 N–H and O–H groups in total. The van der Waals surface area contributed by atoms with Crippen LogP contribution in [0.3, 0.4) is 0 Å². The molecule has 4 nitrogen and oxygen atoms in total. The molecule has 82 valence electrons. The van der Waals surface area contributed by atoms with E-state index in [1.165, 1.54) is 11.3 Å². The number of anilines is 1. The van der Waals surface area contributed by atoms with Crippen molar-refractivity contribution in [3.8, 4) is 0 Å². The molecule has 16 heavy (non-hydrogen) atoms.